The quantitative estimate of drug-likeness (QED) is 0.689. The van der Waals surface area contributed by atoms with Crippen molar-refractivity contribution in [1.29, 1.82) is 0 Å². The van der Waals surface area contributed by atoms with Crippen molar-refractivity contribution in [2.24, 2.45) is 0 Å². The molecule has 1 unspecified atom stereocenters. The van der Waals surface area contributed by atoms with Crippen LogP contribution in [-0.2, 0) is 9.53 Å². The molecule has 94 valence electrons. The minimum absolute atomic E-state index is 0.470. The number of ether oxygens (including phenoxy) is 1. The lowest BCUT2D eigenvalue weighted by molar-refractivity contribution is -0.152. The molecule has 1 fully saturated rings. The molecule has 0 aromatic heterocycles. The number of carboxylic acid groups (broad SMARTS) is 1. The van der Waals surface area contributed by atoms with E-state index in [1.165, 1.54) is 0 Å². The molecule has 0 aromatic rings. The summed E-state index contributed by atoms with van der Waals surface area (Å²) in [5, 5.41) is 9.44. The van der Waals surface area contributed by atoms with E-state index in [1.54, 1.807) is 7.11 Å². The summed E-state index contributed by atoms with van der Waals surface area (Å²) >= 11 is 0. The zero-order valence-electron chi connectivity index (χ0n) is 10.5. The van der Waals surface area contributed by atoms with Crippen LogP contribution in [0.15, 0.2) is 0 Å². The van der Waals surface area contributed by atoms with Crippen LogP contribution in [-0.4, -0.2) is 47.8 Å². The van der Waals surface area contributed by atoms with Gasteiger partial charge in [-0.1, -0.05) is 6.92 Å². The molecular formula is C12H23NO3. The van der Waals surface area contributed by atoms with Crippen LogP contribution in [0.1, 0.15) is 39.5 Å². The number of hydrogen-bond acceptors (Lipinski definition) is 3. The Morgan fingerprint density at radius 1 is 1.56 bits per heavy atom. The fourth-order valence-electron chi connectivity index (χ4n) is 2.13. The van der Waals surface area contributed by atoms with E-state index in [1.807, 2.05) is 6.92 Å². The Kier molecular flexibility index (Phi) is 4.74. The van der Waals surface area contributed by atoms with Gasteiger partial charge < -0.3 is 9.84 Å². The molecule has 0 aliphatic heterocycles. The Labute approximate surface area is 97.6 Å². The van der Waals surface area contributed by atoms with E-state index in [9.17, 15) is 9.90 Å². The Balaban J connectivity index is 2.74. The Morgan fingerprint density at radius 3 is 2.56 bits per heavy atom. The van der Waals surface area contributed by atoms with E-state index in [0.717, 1.165) is 25.8 Å². The normalized spacial score (nSPS) is 19.8. The summed E-state index contributed by atoms with van der Waals surface area (Å²) in [6.07, 6.45) is 3.81. The van der Waals surface area contributed by atoms with Gasteiger partial charge in [0.15, 0.2) is 0 Å². The smallest absolute Gasteiger partial charge is 0.323 e. The largest absolute Gasteiger partial charge is 0.480 e. The van der Waals surface area contributed by atoms with Gasteiger partial charge in [-0.2, -0.15) is 0 Å². The molecule has 16 heavy (non-hydrogen) atoms. The zero-order valence-corrected chi connectivity index (χ0v) is 10.5. The molecule has 1 rings (SSSR count). The second-order valence-corrected chi connectivity index (χ2v) is 4.75. The Morgan fingerprint density at radius 2 is 2.19 bits per heavy atom. The lowest BCUT2D eigenvalue weighted by Crippen LogP contribution is -2.54. The first-order valence-corrected chi connectivity index (χ1v) is 6.05. The molecule has 1 atom stereocenters. The van der Waals surface area contributed by atoms with Crippen molar-refractivity contribution in [2.45, 2.75) is 51.1 Å². The highest BCUT2D eigenvalue weighted by molar-refractivity contribution is 5.78. The van der Waals surface area contributed by atoms with E-state index in [-0.39, 0.29) is 0 Å². The number of hydrogen-bond donors (Lipinski definition) is 1. The standard InChI is InChI=1S/C12H23NO3/c1-4-8-13(10-5-6-10)12(2,11(14)15)7-9-16-3/h10H,4-9H2,1-3H3,(H,14,15). The predicted molar refractivity (Wildman–Crippen MR) is 62.6 cm³/mol. The zero-order chi connectivity index (χ0) is 12.2. The fourth-order valence-corrected chi connectivity index (χ4v) is 2.13. The lowest BCUT2D eigenvalue weighted by atomic mass is 9.95. The van der Waals surface area contributed by atoms with Gasteiger partial charge in [0.2, 0.25) is 0 Å². The van der Waals surface area contributed by atoms with Crippen LogP contribution in [0.25, 0.3) is 0 Å². The first kappa shape index (κ1) is 13.5. The SMILES string of the molecule is CCCN(C1CC1)C(C)(CCOC)C(=O)O. The summed E-state index contributed by atoms with van der Waals surface area (Å²) in [5.74, 6) is -0.732. The maximum Gasteiger partial charge on any atom is 0.323 e. The number of carbonyl (C=O) groups is 1. The summed E-state index contributed by atoms with van der Waals surface area (Å²) < 4.78 is 5.03. The van der Waals surface area contributed by atoms with Crippen molar-refractivity contribution < 1.29 is 14.6 Å². The van der Waals surface area contributed by atoms with Gasteiger partial charge in [-0.15, -0.1) is 0 Å². The Hall–Kier alpha value is -0.610. The summed E-state index contributed by atoms with van der Waals surface area (Å²) in [6, 6.07) is 0.470. The predicted octanol–water partition coefficient (Wildman–Crippen LogP) is 1.74. The van der Waals surface area contributed by atoms with Crippen molar-refractivity contribution in [3.63, 3.8) is 0 Å². The average Bonchev–Trinajstić information content (AvgIpc) is 3.06. The molecule has 0 aromatic carbocycles. The monoisotopic (exact) mass is 229 g/mol. The third-order valence-corrected chi connectivity index (χ3v) is 3.34. The number of rotatable bonds is 8. The van der Waals surface area contributed by atoms with Gasteiger partial charge >= 0.3 is 5.97 Å². The topological polar surface area (TPSA) is 49.8 Å². The molecule has 0 radical (unpaired) electrons. The average molecular weight is 229 g/mol. The van der Waals surface area contributed by atoms with Crippen LogP contribution in [0.2, 0.25) is 0 Å². The first-order valence-electron chi connectivity index (χ1n) is 6.05. The molecule has 4 heteroatoms. The third kappa shape index (κ3) is 2.95. The van der Waals surface area contributed by atoms with Crippen molar-refractivity contribution in [2.75, 3.05) is 20.3 Å². The molecule has 1 aliphatic rings. The molecule has 1 N–H and O–H groups in total. The van der Waals surface area contributed by atoms with E-state index in [0.29, 0.717) is 19.1 Å². The van der Waals surface area contributed by atoms with Crippen LogP contribution in [0.3, 0.4) is 0 Å². The van der Waals surface area contributed by atoms with Crippen LogP contribution < -0.4 is 0 Å². The summed E-state index contributed by atoms with van der Waals surface area (Å²) in [5.41, 5.74) is -0.771. The Bertz CT molecular complexity index is 240. The van der Waals surface area contributed by atoms with Crippen molar-refractivity contribution in [1.82, 2.24) is 4.90 Å². The van der Waals surface area contributed by atoms with E-state index in [4.69, 9.17) is 4.74 Å². The van der Waals surface area contributed by atoms with E-state index in [2.05, 4.69) is 11.8 Å². The number of carboxylic acids is 1. The van der Waals surface area contributed by atoms with Gasteiger partial charge in [0.05, 0.1) is 0 Å². The summed E-state index contributed by atoms with van der Waals surface area (Å²) in [4.78, 5) is 13.6. The maximum absolute atomic E-state index is 11.5. The minimum Gasteiger partial charge on any atom is -0.480 e. The van der Waals surface area contributed by atoms with Gasteiger partial charge in [0.25, 0.3) is 0 Å². The molecule has 1 saturated carbocycles. The van der Waals surface area contributed by atoms with Gasteiger partial charge in [0, 0.05) is 19.8 Å². The van der Waals surface area contributed by atoms with Crippen molar-refractivity contribution >= 4 is 5.97 Å². The van der Waals surface area contributed by atoms with E-state index >= 15 is 0 Å². The molecule has 0 amide bonds. The minimum atomic E-state index is -0.771. The molecule has 0 saturated heterocycles. The highest BCUT2D eigenvalue weighted by atomic mass is 16.5. The van der Waals surface area contributed by atoms with Gasteiger partial charge in [0.1, 0.15) is 5.54 Å². The molecule has 0 bridgehead atoms. The second kappa shape index (κ2) is 5.64. The van der Waals surface area contributed by atoms with E-state index < -0.39 is 11.5 Å². The highest BCUT2D eigenvalue weighted by Crippen LogP contribution is 2.34. The summed E-state index contributed by atoms with van der Waals surface area (Å²) in [7, 11) is 1.61. The highest BCUT2D eigenvalue weighted by Gasteiger charge is 2.45. The molecule has 1 aliphatic carbocycles. The maximum atomic E-state index is 11.5. The van der Waals surface area contributed by atoms with Crippen LogP contribution in [0, 0.1) is 0 Å². The number of nitrogens with zero attached hydrogens (tertiary/aromatic N) is 1. The number of aliphatic carboxylic acids is 1. The van der Waals surface area contributed by atoms with Gasteiger partial charge in [-0.05, 0) is 39.2 Å². The van der Waals surface area contributed by atoms with Crippen molar-refractivity contribution in [3.8, 4) is 0 Å². The lowest BCUT2D eigenvalue weighted by Gasteiger charge is -2.38. The van der Waals surface area contributed by atoms with Crippen LogP contribution in [0.4, 0.5) is 0 Å². The van der Waals surface area contributed by atoms with Crippen molar-refractivity contribution in [3.05, 3.63) is 0 Å². The third-order valence-electron chi connectivity index (χ3n) is 3.34. The fraction of sp³-hybridized carbons (Fsp3) is 0.917. The van der Waals surface area contributed by atoms with Crippen LogP contribution >= 0.6 is 0 Å². The molecular weight excluding hydrogens is 206 g/mol. The van der Waals surface area contributed by atoms with Gasteiger partial charge in [-0.25, -0.2) is 0 Å². The summed E-state index contributed by atoms with van der Waals surface area (Å²) in [6.45, 7) is 5.27. The number of methoxy groups -OCH3 is 1. The molecule has 0 heterocycles. The van der Waals surface area contributed by atoms with Crippen LogP contribution in [0.5, 0.6) is 0 Å². The second-order valence-electron chi connectivity index (χ2n) is 4.75. The molecule has 4 nitrogen and oxygen atoms in total. The molecule has 0 spiro atoms. The first-order chi connectivity index (χ1) is 7.56. The van der Waals surface area contributed by atoms with Gasteiger partial charge in [-0.3, -0.25) is 9.69 Å².